The molecule has 1 aromatic heterocycles. The molecule has 6 heteroatoms. The molecule has 0 aromatic carbocycles. The highest BCUT2D eigenvalue weighted by Crippen LogP contribution is 2.10. The van der Waals surface area contributed by atoms with Gasteiger partial charge in [-0.3, -0.25) is 4.98 Å². The molecular weight excluding hydrogens is 250 g/mol. The van der Waals surface area contributed by atoms with Crippen LogP contribution in [0.15, 0.2) is 23.2 Å². The first kappa shape index (κ1) is 15.1. The van der Waals surface area contributed by atoms with Gasteiger partial charge in [-0.1, -0.05) is 19.8 Å². The van der Waals surface area contributed by atoms with Gasteiger partial charge in [-0.25, -0.2) is 13.1 Å². The molecule has 0 spiro atoms. The van der Waals surface area contributed by atoms with Crippen LogP contribution in [0.4, 0.5) is 0 Å². The molecule has 0 aliphatic heterocycles. The smallest absolute Gasteiger partial charge is 0.242 e. The normalized spacial score (nSPS) is 13.5. The zero-order chi connectivity index (χ0) is 13.6. The monoisotopic (exact) mass is 271 g/mol. The van der Waals surface area contributed by atoms with Gasteiger partial charge in [0.1, 0.15) is 4.90 Å². The zero-order valence-electron chi connectivity index (χ0n) is 10.9. The van der Waals surface area contributed by atoms with Crippen LogP contribution in [0.1, 0.15) is 38.8 Å². The summed E-state index contributed by atoms with van der Waals surface area (Å²) < 4.78 is 26.7. The molecule has 0 bridgehead atoms. The Morgan fingerprint density at radius 1 is 1.44 bits per heavy atom. The van der Waals surface area contributed by atoms with Gasteiger partial charge in [-0.05, 0) is 25.5 Å². The average Bonchev–Trinajstić information content (AvgIpc) is 2.36. The number of aromatic nitrogens is 1. The lowest BCUT2D eigenvalue weighted by atomic mass is 10.2. The van der Waals surface area contributed by atoms with Crippen molar-refractivity contribution in [1.82, 2.24) is 9.71 Å². The molecule has 1 atom stereocenters. The summed E-state index contributed by atoms with van der Waals surface area (Å²) in [5.74, 6) is 0. The van der Waals surface area contributed by atoms with E-state index in [0.29, 0.717) is 12.2 Å². The number of hydrogen-bond acceptors (Lipinski definition) is 4. The average molecular weight is 271 g/mol. The molecule has 0 amide bonds. The lowest BCUT2D eigenvalue weighted by Gasteiger charge is -2.13. The van der Waals surface area contributed by atoms with Crippen molar-refractivity contribution in [3.63, 3.8) is 0 Å². The first-order chi connectivity index (χ1) is 8.49. The summed E-state index contributed by atoms with van der Waals surface area (Å²) in [6, 6.07) is 3.10. The standard InChI is InChI=1S/C12H21N3O2S/c1-3-4-5-10(2)15-18(16,17)12-7-6-11(8-13)14-9-12/h6-7,9-10,15H,3-5,8,13H2,1-2H3. The molecule has 102 valence electrons. The Balaban J connectivity index is 2.73. The minimum Gasteiger partial charge on any atom is -0.325 e. The minimum absolute atomic E-state index is 0.0656. The first-order valence-electron chi connectivity index (χ1n) is 6.17. The third-order valence-corrected chi connectivity index (χ3v) is 4.24. The van der Waals surface area contributed by atoms with Crippen LogP contribution in [0.5, 0.6) is 0 Å². The van der Waals surface area contributed by atoms with E-state index in [9.17, 15) is 8.42 Å². The van der Waals surface area contributed by atoms with Gasteiger partial charge >= 0.3 is 0 Å². The fourth-order valence-electron chi connectivity index (χ4n) is 1.59. The van der Waals surface area contributed by atoms with Gasteiger partial charge in [0.25, 0.3) is 0 Å². The van der Waals surface area contributed by atoms with Crippen molar-refractivity contribution in [2.75, 3.05) is 0 Å². The second kappa shape index (κ2) is 6.82. The second-order valence-electron chi connectivity index (χ2n) is 4.35. The van der Waals surface area contributed by atoms with Crippen LogP contribution in [0.2, 0.25) is 0 Å². The maximum Gasteiger partial charge on any atom is 0.242 e. The number of nitrogens with one attached hydrogen (secondary N) is 1. The SMILES string of the molecule is CCCCC(C)NS(=O)(=O)c1ccc(CN)nc1. The van der Waals surface area contributed by atoms with Crippen LogP contribution in [0.3, 0.4) is 0 Å². The summed E-state index contributed by atoms with van der Waals surface area (Å²) in [6.07, 6.45) is 4.24. The largest absolute Gasteiger partial charge is 0.325 e. The van der Waals surface area contributed by atoms with Gasteiger partial charge in [0, 0.05) is 18.8 Å². The molecule has 0 saturated carbocycles. The third-order valence-electron chi connectivity index (χ3n) is 2.66. The summed E-state index contributed by atoms with van der Waals surface area (Å²) >= 11 is 0. The molecule has 3 N–H and O–H groups in total. The Morgan fingerprint density at radius 2 is 2.17 bits per heavy atom. The van der Waals surface area contributed by atoms with Crippen molar-refractivity contribution in [2.45, 2.75) is 50.6 Å². The van der Waals surface area contributed by atoms with Crippen LogP contribution >= 0.6 is 0 Å². The molecule has 0 radical (unpaired) electrons. The van der Waals surface area contributed by atoms with E-state index in [1.165, 1.54) is 12.3 Å². The number of rotatable bonds is 7. The Labute approximate surface area is 109 Å². The van der Waals surface area contributed by atoms with Crippen LogP contribution in [-0.4, -0.2) is 19.4 Å². The highest BCUT2D eigenvalue weighted by Gasteiger charge is 2.17. The summed E-state index contributed by atoms with van der Waals surface area (Å²) in [7, 11) is -3.47. The molecule has 0 aliphatic carbocycles. The van der Waals surface area contributed by atoms with Gasteiger partial charge in [0.05, 0.1) is 5.69 Å². The molecule has 1 unspecified atom stereocenters. The Bertz CT molecular complexity index is 457. The van der Waals surface area contributed by atoms with Crippen LogP contribution in [0, 0.1) is 0 Å². The molecule has 0 aliphatic rings. The van der Waals surface area contributed by atoms with Crippen LogP contribution < -0.4 is 10.5 Å². The summed E-state index contributed by atoms with van der Waals surface area (Å²) in [5, 5.41) is 0. The van der Waals surface area contributed by atoms with E-state index in [-0.39, 0.29) is 10.9 Å². The fraction of sp³-hybridized carbons (Fsp3) is 0.583. The second-order valence-corrected chi connectivity index (χ2v) is 6.07. The summed E-state index contributed by atoms with van der Waals surface area (Å²) in [6.45, 7) is 4.26. The number of nitrogens with two attached hydrogens (primary N) is 1. The van der Waals surface area contributed by atoms with E-state index in [1.807, 2.05) is 6.92 Å². The number of sulfonamides is 1. The predicted molar refractivity (Wildman–Crippen MR) is 71.4 cm³/mol. The molecule has 18 heavy (non-hydrogen) atoms. The predicted octanol–water partition coefficient (Wildman–Crippen LogP) is 1.40. The van der Waals surface area contributed by atoms with Crippen molar-refractivity contribution in [3.8, 4) is 0 Å². The van der Waals surface area contributed by atoms with E-state index in [0.717, 1.165) is 19.3 Å². The number of nitrogens with zero attached hydrogens (tertiary/aromatic N) is 1. The van der Waals surface area contributed by atoms with E-state index >= 15 is 0 Å². The maximum absolute atomic E-state index is 12.0. The molecule has 1 rings (SSSR count). The number of pyridine rings is 1. The van der Waals surface area contributed by atoms with Crippen molar-refractivity contribution < 1.29 is 8.42 Å². The van der Waals surface area contributed by atoms with Crippen molar-refractivity contribution >= 4 is 10.0 Å². The third kappa shape index (κ3) is 4.36. The van der Waals surface area contributed by atoms with Crippen molar-refractivity contribution in [1.29, 1.82) is 0 Å². The highest BCUT2D eigenvalue weighted by molar-refractivity contribution is 7.89. The summed E-state index contributed by atoms with van der Waals surface area (Å²) in [4.78, 5) is 4.17. The van der Waals surface area contributed by atoms with E-state index < -0.39 is 10.0 Å². The molecule has 5 nitrogen and oxygen atoms in total. The van der Waals surface area contributed by atoms with Gasteiger partial charge in [0.2, 0.25) is 10.0 Å². The molecule has 0 fully saturated rings. The topological polar surface area (TPSA) is 85.1 Å². The van der Waals surface area contributed by atoms with Gasteiger partial charge in [-0.15, -0.1) is 0 Å². The van der Waals surface area contributed by atoms with Crippen LogP contribution in [-0.2, 0) is 16.6 Å². The van der Waals surface area contributed by atoms with Gasteiger partial charge in [0.15, 0.2) is 0 Å². The van der Waals surface area contributed by atoms with E-state index in [2.05, 4.69) is 16.6 Å². The quantitative estimate of drug-likeness (QED) is 0.785. The first-order valence-corrected chi connectivity index (χ1v) is 7.65. The van der Waals surface area contributed by atoms with Crippen molar-refractivity contribution in [3.05, 3.63) is 24.0 Å². The number of hydrogen-bond donors (Lipinski definition) is 2. The minimum atomic E-state index is -3.47. The lowest BCUT2D eigenvalue weighted by Crippen LogP contribution is -2.32. The Hall–Kier alpha value is -0.980. The van der Waals surface area contributed by atoms with E-state index in [4.69, 9.17) is 5.73 Å². The molecular formula is C12H21N3O2S. The van der Waals surface area contributed by atoms with Gasteiger partial charge < -0.3 is 5.73 Å². The number of unbranched alkanes of at least 4 members (excludes halogenated alkanes) is 1. The van der Waals surface area contributed by atoms with E-state index in [1.54, 1.807) is 6.07 Å². The summed E-state index contributed by atoms with van der Waals surface area (Å²) in [5.41, 5.74) is 6.09. The van der Waals surface area contributed by atoms with Gasteiger partial charge in [-0.2, -0.15) is 0 Å². The zero-order valence-corrected chi connectivity index (χ0v) is 11.7. The molecule has 1 aromatic rings. The Morgan fingerprint density at radius 3 is 2.67 bits per heavy atom. The van der Waals surface area contributed by atoms with Crippen LogP contribution in [0.25, 0.3) is 0 Å². The lowest BCUT2D eigenvalue weighted by molar-refractivity contribution is 0.534. The Kier molecular flexibility index (Phi) is 5.71. The fourth-order valence-corrected chi connectivity index (χ4v) is 2.82. The van der Waals surface area contributed by atoms with Crippen molar-refractivity contribution in [2.24, 2.45) is 5.73 Å². The highest BCUT2D eigenvalue weighted by atomic mass is 32.2. The maximum atomic E-state index is 12.0. The molecule has 0 saturated heterocycles. The molecule has 1 heterocycles.